The van der Waals surface area contributed by atoms with E-state index < -0.39 is 5.91 Å². The van der Waals surface area contributed by atoms with Crippen LogP contribution < -0.4 is 10.8 Å². The van der Waals surface area contributed by atoms with Crippen LogP contribution >= 0.6 is 0 Å². The fraction of sp³-hybridized carbons (Fsp3) is 0.222. The Balaban J connectivity index is 2.39. The van der Waals surface area contributed by atoms with E-state index in [0.717, 1.165) is 0 Å². The number of benzene rings is 1. The topological polar surface area (TPSA) is 61.4 Å². The Morgan fingerprint density at radius 3 is 2.79 bits per heavy atom. The smallest absolute Gasteiger partial charge is 0.257 e. The molecule has 1 aromatic rings. The van der Waals surface area contributed by atoms with Gasteiger partial charge in [0.05, 0.1) is 6.54 Å². The van der Waals surface area contributed by atoms with Crippen LogP contribution in [0.3, 0.4) is 0 Å². The molecule has 0 saturated carbocycles. The first kappa shape index (κ1) is 10.6. The van der Waals surface area contributed by atoms with Crippen molar-refractivity contribution in [3.8, 4) is 0 Å². The molecule has 0 aromatic heterocycles. The van der Waals surface area contributed by atoms with E-state index in [1.54, 1.807) is 18.2 Å². The summed E-state index contributed by atoms with van der Waals surface area (Å²) in [6.45, 7) is 0.199. The van der Waals surface area contributed by atoms with E-state index in [2.05, 4.69) is 5.32 Å². The number of hydroxylamine groups is 1. The molecule has 0 aliphatic carbocycles. The predicted molar refractivity (Wildman–Crippen MR) is 48.0 cm³/mol. The average Bonchev–Trinajstić information content (AvgIpc) is 2.20. The first-order valence-corrected chi connectivity index (χ1v) is 4.11. The van der Waals surface area contributed by atoms with Crippen LogP contribution in [0.5, 0.6) is 0 Å². The van der Waals surface area contributed by atoms with Gasteiger partial charge in [-0.1, -0.05) is 18.2 Å². The summed E-state index contributed by atoms with van der Waals surface area (Å²) in [6, 6.07) is 6.29. The van der Waals surface area contributed by atoms with Gasteiger partial charge in [0.25, 0.3) is 5.91 Å². The maximum atomic E-state index is 13.0. The van der Waals surface area contributed by atoms with E-state index >= 15 is 0 Å². The Bertz CT molecular complexity index is 317. The number of carbonyl (C=O) groups excluding carboxylic acids is 1. The fourth-order valence-electron chi connectivity index (χ4n) is 0.992. The van der Waals surface area contributed by atoms with Crippen LogP contribution in [0.25, 0.3) is 0 Å². The highest BCUT2D eigenvalue weighted by Crippen LogP contribution is 2.04. The van der Waals surface area contributed by atoms with Crippen LogP contribution in [0.15, 0.2) is 24.3 Å². The molecule has 0 fully saturated rings. The maximum absolute atomic E-state index is 13.0. The van der Waals surface area contributed by atoms with E-state index in [4.69, 9.17) is 5.21 Å². The molecular weight excluding hydrogens is 187 g/mol. The normalized spacial score (nSPS) is 9.86. The van der Waals surface area contributed by atoms with Crippen LogP contribution in [0.2, 0.25) is 0 Å². The molecule has 0 aliphatic rings. The van der Waals surface area contributed by atoms with Crippen molar-refractivity contribution in [3.05, 3.63) is 35.6 Å². The van der Waals surface area contributed by atoms with E-state index in [9.17, 15) is 9.18 Å². The Morgan fingerprint density at radius 1 is 1.43 bits per heavy atom. The number of nitrogens with one attached hydrogen (secondary N) is 2. The van der Waals surface area contributed by atoms with E-state index in [1.807, 2.05) is 0 Å². The van der Waals surface area contributed by atoms with Crippen molar-refractivity contribution in [3.63, 3.8) is 0 Å². The molecule has 0 spiro atoms. The van der Waals surface area contributed by atoms with E-state index in [0.29, 0.717) is 5.56 Å². The molecule has 0 aliphatic heterocycles. The van der Waals surface area contributed by atoms with Gasteiger partial charge in [-0.25, -0.2) is 9.87 Å². The second-order valence-corrected chi connectivity index (χ2v) is 2.73. The van der Waals surface area contributed by atoms with Gasteiger partial charge in [-0.15, -0.1) is 0 Å². The van der Waals surface area contributed by atoms with Crippen molar-refractivity contribution in [1.29, 1.82) is 0 Å². The Hall–Kier alpha value is -1.46. The molecule has 5 heteroatoms. The van der Waals surface area contributed by atoms with Gasteiger partial charge in [0.15, 0.2) is 0 Å². The summed E-state index contributed by atoms with van der Waals surface area (Å²) in [6.07, 6.45) is 0. The van der Waals surface area contributed by atoms with Crippen molar-refractivity contribution < 1.29 is 14.4 Å². The third kappa shape index (κ3) is 3.12. The molecule has 76 valence electrons. The quantitative estimate of drug-likeness (QED) is 0.485. The lowest BCUT2D eigenvalue weighted by atomic mass is 10.2. The van der Waals surface area contributed by atoms with Gasteiger partial charge in [-0.05, 0) is 6.07 Å². The summed E-state index contributed by atoms with van der Waals surface area (Å²) in [4.78, 5) is 10.6. The van der Waals surface area contributed by atoms with Gasteiger partial charge >= 0.3 is 0 Å². The molecular formula is C9H11FN2O2. The number of hydrogen-bond donors (Lipinski definition) is 3. The molecule has 0 heterocycles. The van der Waals surface area contributed by atoms with Crippen molar-refractivity contribution in [1.82, 2.24) is 10.8 Å². The lowest BCUT2D eigenvalue weighted by Crippen LogP contribution is -2.31. The summed E-state index contributed by atoms with van der Waals surface area (Å²) in [5.41, 5.74) is 1.96. The van der Waals surface area contributed by atoms with Crippen molar-refractivity contribution in [2.75, 3.05) is 6.54 Å². The second-order valence-electron chi connectivity index (χ2n) is 2.73. The minimum atomic E-state index is -0.554. The largest absolute Gasteiger partial charge is 0.304 e. The van der Waals surface area contributed by atoms with Crippen LogP contribution in [-0.2, 0) is 11.3 Å². The van der Waals surface area contributed by atoms with Crippen LogP contribution in [0.4, 0.5) is 4.39 Å². The molecule has 0 atom stereocenters. The zero-order valence-corrected chi connectivity index (χ0v) is 7.46. The van der Waals surface area contributed by atoms with Gasteiger partial charge in [0.2, 0.25) is 0 Å². The molecule has 1 rings (SSSR count). The van der Waals surface area contributed by atoms with Crippen LogP contribution in [0.1, 0.15) is 5.56 Å². The molecule has 0 saturated heterocycles. The first-order valence-electron chi connectivity index (χ1n) is 4.11. The molecule has 0 unspecified atom stereocenters. The molecule has 0 radical (unpaired) electrons. The van der Waals surface area contributed by atoms with Gasteiger partial charge in [-0.3, -0.25) is 10.0 Å². The van der Waals surface area contributed by atoms with Crippen molar-refractivity contribution in [2.45, 2.75) is 6.54 Å². The summed E-state index contributed by atoms with van der Waals surface area (Å²) in [5, 5.41) is 10.9. The van der Waals surface area contributed by atoms with Gasteiger partial charge in [0, 0.05) is 12.1 Å². The van der Waals surface area contributed by atoms with E-state index in [-0.39, 0.29) is 18.9 Å². The predicted octanol–water partition coefficient (Wildman–Crippen LogP) is 0.421. The number of rotatable bonds is 4. The van der Waals surface area contributed by atoms with Crippen molar-refractivity contribution >= 4 is 5.91 Å². The summed E-state index contributed by atoms with van der Waals surface area (Å²) in [7, 11) is 0. The molecule has 3 N–H and O–H groups in total. The number of halogens is 1. The highest BCUT2D eigenvalue weighted by Gasteiger charge is 2.01. The SMILES string of the molecule is O=C(CNCc1ccccc1F)NO. The Labute approximate surface area is 80.7 Å². The first-order chi connectivity index (χ1) is 6.74. The molecule has 4 nitrogen and oxygen atoms in total. The number of carbonyl (C=O) groups is 1. The van der Waals surface area contributed by atoms with Crippen LogP contribution in [0, 0.1) is 5.82 Å². The van der Waals surface area contributed by atoms with Crippen molar-refractivity contribution in [2.24, 2.45) is 0 Å². The standard InChI is InChI=1S/C9H11FN2O2/c10-8-4-2-1-3-7(8)5-11-6-9(13)12-14/h1-4,11,14H,5-6H2,(H,12,13). The van der Waals surface area contributed by atoms with Gasteiger partial charge in [-0.2, -0.15) is 0 Å². The lowest BCUT2D eigenvalue weighted by Gasteiger charge is -2.04. The molecule has 1 aromatic carbocycles. The molecule has 0 bridgehead atoms. The fourth-order valence-corrected chi connectivity index (χ4v) is 0.992. The molecule has 1 amide bonds. The average molecular weight is 198 g/mol. The third-order valence-electron chi connectivity index (χ3n) is 1.68. The minimum absolute atomic E-state index is 0.0508. The lowest BCUT2D eigenvalue weighted by molar-refractivity contribution is -0.128. The highest BCUT2D eigenvalue weighted by atomic mass is 19.1. The molecule has 14 heavy (non-hydrogen) atoms. The highest BCUT2D eigenvalue weighted by molar-refractivity contribution is 5.76. The zero-order valence-electron chi connectivity index (χ0n) is 7.46. The number of amides is 1. The zero-order chi connectivity index (χ0) is 10.4. The number of hydrogen-bond acceptors (Lipinski definition) is 3. The summed E-state index contributed by atoms with van der Waals surface area (Å²) in [5.74, 6) is -0.870. The summed E-state index contributed by atoms with van der Waals surface area (Å²) >= 11 is 0. The Kier molecular flexibility index (Phi) is 4.03. The monoisotopic (exact) mass is 198 g/mol. The van der Waals surface area contributed by atoms with Gasteiger partial charge < -0.3 is 5.32 Å². The maximum Gasteiger partial charge on any atom is 0.257 e. The van der Waals surface area contributed by atoms with E-state index in [1.165, 1.54) is 11.5 Å². The summed E-state index contributed by atoms with van der Waals surface area (Å²) < 4.78 is 13.0. The third-order valence-corrected chi connectivity index (χ3v) is 1.68. The minimum Gasteiger partial charge on any atom is -0.304 e. The Morgan fingerprint density at radius 2 is 2.14 bits per heavy atom. The van der Waals surface area contributed by atoms with Crippen LogP contribution in [-0.4, -0.2) is 17.7 Å². The van der Waals surface area contributed by atoms with Gasteiger partial charge in [0.1, 0.15) is 5.82 Å². The second kappa shape index (κ2) is 5.31.